The van der Waals surface area contributed by atoms with E-state index in [1.807, 2.05) is 0 Å². The van der Waals surface area contributed by atoms with Crippen LogP contribution in [0.4, 0.5) is 0 Å². The Labute approximate surface area is 261 Å². The molecule has 5 rings (SSSR count). The Hall–Kier alpha value is -3.18. The molecule has 2 aliphatic rings. The van der Waals surface area contributed by atoms with Crippen molar-refractivity contribution in [1.29, 1.82) is 0 Å². The summed E-state index contributed by atoms with van der Waals surface area (Å²) in [5.74, 6) is -1.65. The van der Waals surface area contributed by atoms with Gasteiger partial charge in [-0.25, -0.2) is 13.1 Å². The van der Waals surface area contributed by atoms with Crippen molar-refractivity contribution in [2.45, 2.75) is 69.6 Å². The molecule has 3 aromatic rings. The number of nitrogens with one attached hydrogen (secondary N) is 2. The quantitative estimate of drug-likeness (QED) is 0.278. The maximum atomic E-state index is 14.4. The van der Waals surface area contributed by atoms with Gasteiger partial charge < -0.3 is 15.4 Å². The van der Waals surface area contributed by atoms with Gasteiger partial charge in [-0.3, -0.25) is 9.59 Å². The minimum atomic E-state index is -3.60. The number of fused-ring (bicyclic) bond motifs is 1. The van der Waals surface area contributed by atoms with Crippen LogP contribution >= 0.6 is 23.2 Å². The van der Waals surface area contributed by atoms with Gasteiger partial charge in [-0.05, 0) is 55.2 Å². The Morgan fingerprint density at radius 1 is 1.05 bits per heavy atom. The van der Waals surface area contributed by atoms with Crippen molar-refractivity contribution < 1.29 is 22.7 Å². The lowest BCUT2D eigenvalue weighted by molar-refractivity contribution is -0.622. The highest BCUT2D eigenvalue weighted by atomic mass is 35.5. The van der Waals surface area contributed by atoms with Crippen LogP contribution in [0, 0.1) is 12.1 Å². The van der Waals surface area contributed by atoms with Gasteiger partial charge in [0.2, 0.25) is 21.6 Å². The highest BCUT2D eigenvalue weighted by Crippen LogP contribution is 2.48. The Kier molecular flexibility index (Phi) is 9.04. The smallest absolute Gasteiger partial charge is 0.255 e. The first kappa shape index (κ1) is 31.3. The summed E-state index contributed by atoms with van der Waals surface area (Å²) in [6, 6.07) is 14.3. The fourth-order valence-corrected chi connectivity index (χ4v) is 7.80. The van der Waals surface area contributed by atoms with E-state index in [1.165, 1.54) is 0 Å². The van der Waals surface area contributed by atoms with Crippen molar-refractivity contribution in [2.75, 3.05) is 6.26 Å². The van der Waals surface area contributed by atoms with Gasteiger partial charge in [0.1, 0.15) is 6.04 Å². The molecule has 9 nitrogen and oxygen atoms in total. The first-order valence-corrected chi connectivity index (χ1v) is 16.9. The molecule has 1 saturated carbocycles. The second kappa shape index (κ2) is 12.4. The van der Waals surface area contributed by atoms with Gasteiger partial charge in [-0.15, -0.1) is 0 Å². The number of aryl methyl sites for hydroxylation is 1. The minimum Gasteiger partial charge on any atom is -0.618 e. The Bertz CT molecular complexity index is 1670. The van der Waals surface area contributed by atoms with Gasteiger partial charge in [0.15, 0.2) is 5.69 Å². The van der Waals surface area contributed by atoms with Crippen LogP contribution in [-0.4, -0.2) is 43.5 Å². The third-order valence-corrected chi connectivity index (χ3v) is 9.65. The average Bonchev–Trinajstić information content (AvgIpc) is 2.94. The van der Waals surface area contributed by atoms with Crippen LogP contribution in [-0.2, 0) is 14.8 Å². The van der Waals surface area contributed by atoms with Crippen molar-refractivity contribution in [2.24, 2.45) is 0 Å². The highest BCUT2D eigenvalue weighted by molar-refractivity contribution is 7.88. The fourth-order valence-electron chi connectivity index (χ4n) is 6.45. The summed E-state index contributed by atoms with van der Waals surface area (Å²) < 4.78 is 28.3. The zero-order chi connectivity index (χ0) is 31.1. The number of hydrogen-bond acceptors (Lipinski definition) is 5. The number of benzene rings is 2. The van der Waals surface area contributed by atoms with Crippen LogP contribution in [0.5, 0.6) is 0 Å². The number of pyridine rings is 1. The molecule has 0 bridgehead atoms. The van der Waals surface area contributed by atoms with Gasteiger partial charge in [0.05, 0.1) is 18.2 Å². The highest BCUT2D eigenvalue weighted by Gasteiger charge is 2.49. The molecule has 2 amide bonds. The summed E-state index contributed by atoms with van der Waals surface area (Å²) in [5, 5.41) is 16.5. The summed E-state index contributed by atoms with van der Waals surface area (Å²) >= 11 is 13.0. The number of rotatable bonds is 7. The summed E-state index contributed by atoms with van der Waals surface area (Å²) in [6.45, 7) is 3.42. The van der Waals surface area contributed by atoms with E-state index in [9.17, 15) is 23.2 Å². The summed E-state index contributed by atoms with van der Waals surface area (Å²) in [5.41, 5.74) is 2.25. The molecule has 0 spiro atoms. The normalized spacial score (nSPS) is 23.0. The van der Waals surface area contributed by atoms with Crippen molar-refractivity contribution in [3.05, 3.63) is 104 Å². The minimum absolute atomic E-state index is 0.278. The number of carbonyl (C=O) groups is 2. The molecule has 1 unspecified atom stereocenters. The van der Waals surface area contributed by atoms with E-state index in [2.05, 4.69) is 10.0 Å². The standard InChI is InChI=1S/C31H34Cl2N4O5S/c1-18-9-8-14-26(37(18)40)19(2)34-30(38)28-21-10-4-5-11-22(21)31(39)36(29(28)23-16-15-20(32)17-24(23)33)27-13-7-6-12-25(27)35-43(3,41)42/h4-5,8-11,14-17,19,25,27-29,35H,6-7,12-13H2,1-3H3,(H,34,38)/t19?,25-,27-,28+,29-/m0/s1. The first-order chi connectivity index (χ1) is 20.4. The van der Waals surface area contributed by atoms with Crippen molar-refractivity contribution in [1.82, 2.24) is 14.9 Å². The van der Waals surface area contributed by atoms with E-state index in [-0.39, 0.29) is 10.9 Å². The van der Waals surface area contributed by atoms with Gasteiger partial charge in [0, 0.05) is 46.7 Å². The molecular weight excluding hydrogens is 611 g/mol. The van der Waals surface area contributed by atoms with Gasteiger partial charge in [0.25, 0.3) is 5.91 Å². The van der Waals surface area contributed by atoms with Gasteiger partial charge in [-0.2, -0.15) is 4.73 Å². The number of nitrogens with zero attached hydrogens (tertiary/aromatic N) is 2. The zero-order valence-electron chi connectivity index (χ0n) is 24.1. The maximum Gasteiger partial charge on any atom is 0.255 e. The fraction of sp³-hybridized carbons (Fsp3) is 0.387. The van der Waals surface area contributed by atoms with E-state index >= 15 is 0 Å². The van der Waals surface area contributed by atoms with E-state index in [0.717, 1.165) is 23.8 Å². The molecule has 2 aromatic carbocycles. The molecule has 1 aliphatic heterocycles. The summed E-state index contributed by atoms with van der Waals surface area (Å²) in [6.07, 6.45) is 3.75. The molecule has 12 heteroatoms. The molecule has 2 heterocycles. The van der Waals surface area contributed by atoms with Crippen LogP contribution in [0.2, 0.25) is 10.0 Å². The third kappa shape index (κ3) is 6.38. The Morgan fingerprint density at radius 2 is 1.77 bits per heavy atom. The van der Waals surface area contributed by atoms with E-state index < -0.39 is 46.0 Å². The number of sulfonamides is 1. The maximum absolute atomic E-state index is 14.4. The molecule has 1 aliphatic carbocycles. The van der Waals surface area contributed by atoms with Crippen molar-refractivity contribution >= 4 is 45.0 Å². The predicted octanol–water partition coefficient (Wildman–Crippen LogP) is 4.95. The van der Waals surface area contributed by atoms with Crippen LogP contribution in [0.15, 0.2) is 60.7 Å². The third-order valence-electron chi connectivity index (χ3n) is 8.35. The number of hydrogen-bond donors (Lipinski definition) is 2. The molecule has 0 radical (unpaired) electrons. The van der Waals surface area contributed by atoms with Crippen LogP contribution < -0.4 is 14.8 Å². The monoisotopic (exact) mass is 644 g/mol. The predicted molar refractivity (Wildman–Crippen MR) is 165 cm³/mol. The second-order valence-corrected chi connectivity index (χ2v) is 14.0. The number of aromatic nitrogens is 1. The second-order valence-electron chi connectivity index (χ2n) is 11.4. The molecular formula is C31H34Cl2N4O5S. The number of amides is 2. The van der Waals surface area contributed by atoms with E-state index in [0.29, 0.717) is 45.9 Å². The first-order valence-electron chi connectivity index (χ1n) is 14.2. The lowest BCUT2D eigenvalue weighted by Gasteiger charge is -2.49. The summed E-state index contributed by atoms with van der Waals surface area (Å²) in [4.78, 5) is 30.4. The average molecular weight is 646 g/mol. The number of carbonyl (C=O) groups excluding carboxylic acids is 2. The molecule has 228 valence electrons. The number of halogens is 2. The lowest BCUT2D eigenvalue weighted by atomic mass is 9.76. The SMILES string of the molecule is Cc1cccc(C(C)NC(=O)[C@@H]2c3ccccc3C(=O)N([C@H]3CCCC[C@@H]3NS(C)(=O)=O)[C@H]2c2ccc(Cl)cc2Cl)[n+]1[O-]. The molecule has 1 fully saturated rings. The molecule has 0 saturated heterocycles. The van der Waals surface area contributed by atoms with Crippen molar-refractivity contribution in [3.63, 3.8) is 0 Å². The molecule has 1 aromatic heterocycles. The zero-order valence-corrected chi connectivity index (χ0v) is 26.4. The molecule has 5 atom stereocenters. The van der Waals surface area contributed by atoms with Crippen molar-refractivity contribution in [3.8, 4) is 0 Å². The largest absolute Gasteiger partial charge is 0.618 e. The lowest BCUT2D eigenvalue weighted by Crippen LogP contribution is -2.59. The van der Waals surface area contributed by atoms with Crippen LogP contribution in [0.3, 0.4) is 0 Å². The Balaban J connectivity index is 1.67. The molecule has 43 heavy (non-hydrogen) atoms. The topological polar surface area (TPSA) is 123 Å². The van der Waals surface area contributed by atoms with E-state index in [1.54, 1.807) is 79.4 Å². The van der Waals surface area contributed by atoms with Crippen LogP contribution in [0.1, 0.15) is 83.5 Å². The summed E-state index contributed by atoms with van der Waals surface area (Å²) in [7, 11) is -3.60. The van der Waals surface area contributed by atoms with Gasteiger partial charge >= 0.3 is 0 Å². The van der Waals surface area contributed by atoms with Gasteiger partial charge in [-0.1, -0.05) is 60.3 Å². The molecule has 2 N–H and O–H groups in total. The van der Waals surface area contributed by atoms with E-state index in [4.69, 9.17) is 23.2 Å². The Morgan fingerprint density at radius 3 is 2.49 bits per heavy atom. The van der Waals surface area contributed by atoms with Crippen LogP contribution in [0.25, 0.3) is 0 Å².